The first-order chi connectivity index (χ1) is 10.2. The van der Waals surface area contributed by atoms with Crippen LogP contribution in [0.15, 0.2) is 12.3 Å². The Balaban J connectivity index is 2.38. The Kier molecular flexibility index (Phi) is 6.54. The van der Waals surface area contributed by atoms with E-state index in [1.54, 1.807) is 0 Å². The zero-order valence-electron chi connectivity index (χ0n) is 12.4. The molecule has 0 spiro atoms. The van der Waals surface area contributed by atoms with E-state index in [9.17, 15) is 18.0 Å². The normalized spacial score (nSPS) is 13.0. The van der Waals surface area contributed by atoms with Crippen molar-refractivity contribution in [2.45, 2.75) is 32.5 Å². The fraction of sp³-hybridized carbons (Fsp3) is 0.615. The minimum absolute atomic E-state index is 0.143. The van der Waals surface area contributed by atoms with E-state index in [2.05, 4.69) is 20.6 Å². The van der Waals surface area contributed by atoms with E-state index in [0.29, 0.717) is 12.3 Å². The molecule has 0 aliphatic carbocycles. The van der Waals surface area contributed by atoms with Gasteiger partial charge in [0.1, 0.15) is 5.69 Å². The molecule has 1 amide bonds. The summed E-state index contributed by atoms with van der Waals surface area (Å²) in [6.45, 7) is 4.32. The third-order valence-electron chi connectivity index (χ3n) is 2.72. The fourth-order valence-electron chi connectivity index (χ4n) is 1.71. The summed E-state index contributed by atoms with van der Waals surface area (Å²) in [6, 6.07) is 0.197. The molecule has 1 aromatic rings. The van der Waals surface area contributed by atoms with Crippen LogP contribution in [0.25, 0.3) is 0 Å². The molecule has 4 N–H and O–H groups in total. The molecular formula is C13H20F3N5O. The summed E-state index contributed by atoms with van der Waals surface area (Å²) < 4.78 is 37.4. The Labute approximate surface area is 126 Å². The Morgan fingerprint density at radius 2 is 2.05 bits per heavy atom. The van der Waals surface area contributed by atoms with E-state index >= 15 is 0 Å². The average Bonchev–Trinajstić information content (AvgIpc) is 2.42. The fourth-order valence-corrected chi connectivity index (χ4v) is 1.71. The van der Waals surface area contributed by atoms with Gasteiger partial charge in [0.2, 0.25) is 11.9 Å². The van der Waals surface area contributed by atoms with Crippen LogP contribution in [-0.2, 0) is 11.0 Å². The number of nitrogens with two attached hydrogens (primary N) is 1. The maximum atomic E-state index is 12.5. The topological polar surface area (TPSA) is 92.9 Å². The van der Waals surface area contributed by atoms with E-state index in [-0.39, 0.29) is 24.9 Å². The van der Waals surface area contributed by atoms with Gasteiger partial charge in [0.25, 0.3) is 0 Å². The summed E-state index contributed by atoms with van der Waals surface area (Å²) in [5, 5.41) is 5.21. The van der Waals surface area contributed by atoms with Crippen molar-refractivity contribution in [3.05, 3.63) is 18.0 Å². The third-order valence-corrected chi connectivity index (χ3v) is 2.72. The lowest BCUT2D eigenvalue weighted by Gasteiger charge is -2.14. The van der Waals surface area contributed by atoms with Crippen molar-refractivity contribution in [2.24, 2.45) is 11.7 Å². The van der Waals surface area contributed by atoms with Crippen LogP contribution in [-0.4, -0.2) is 35.0 Å². The van der Waals surface area contributed by atoms with E-state index < -0.39 is 17.9 Å². The molecule has 9 heteroatoms. The molecule has 0 unspecified atom stereocenters. The third kappa shape index (κ3) is 6.25. The lowest BCUT2D eigenvalue weighted by atomic mass is 10.0. The standard InChI is InChI=1S/C13H20F3N5O/c1-8(2)7-9(17)11(22)18-5-6-20-12-19-4-3-10(21-12)13(14,15)16/h3-4,8-9H,5-7,17H2,1-2H3,(H,18,22)(H,19,20,21)/t9-/m0/s1. The van der Waals surface area contributed by atoms with E-state index in [0.717, 1.165) is 12.3 Å². The Bertz CT molecular complexity index is 493. The molecule has 0 saturated heterocycles. The van der Waals surface area contributed by atoms with Gasteiger partial charge in [-0.15, -0.1) is 0 Å². The second kappa shape index (κ2) is 7.92. The quantitative estimate of drug-likeness (QED) is 0.661. The molecule has 124 valence electrons. The van der Waals surface area contributed by atoms with Gasteiger partial charge in [-0.05, 0) is 18.4 Å². The van der Waals surface area contributed by atoms with E-state index in [1.807, 2.05) is 13.8 Å². The molecule has 0 aliphatic heterocycles. The molecule has 22 heavy (non-hydrogen) atoms. The molecule has 6 nitrogen and oxygen atoms in total. The predicted molar refractivity (Wildman–Crippen MR) is 76.0 cm³/mol. The molecule has 0 bridgehead atoms. The van der Waals surface area contributed by atoms with Crippen molar-refractivity contribution < 1.29 is 18.0 Å². The number of aromatic nitrogens is 2. The minimum Gasteiger partial charge on any atom is -0.353 e. The number of hydrogen-bond donors (Lipinski definition) is 3. The number of hydrogen-bond acceptors (Lipinski definition) is 5. The molecule has 0 fully saturated rings. The molecule has 1 atom stereocenters. The number of nitrogens with zero attached hydrogens (tertiary/aromatic N) is 2. The highest BCUT2D eigenvalue weighted by Crippen LogP contribution is 2.27. The Hall–Kier alpha value is -1.90. The van der Waals surface area contributed by atoms with Gasteiger partial charge in [-0.2, -0.15) is 13.2 Å². The summed E-state index contributed by atoms with van der Waals surface area (Å²) in [5.74, 6) is -0.131. The highest BCUT2D eigenvalue weighted by Gasteiger charge is 2.32. The summed E-state index contributed by atoms with van der Waals surface area (Å²) in [7, 11) is 0. The van der Waals surface area contributed by atoms with Crippen LogP contribution in [0.1, 0.15) is 26.0 Å². The number of anilines is 1. The first-order valence-electron chi connectivity index (χ1n) is 6.87. The van der Waals surface area contributed by atoms with Crippen LogP contribution < -0.4 is 16.4 Å². The second-order valence-electron chi connectivity index (χ2n) is 5.22. The number of alkyl halides is 3. The zero-order chi connectivity index (χ0) is 16.8. The highest BCUT2D eigenvalue weighted by molar-refractivity contribution is 5.81. The van der Waals surface area contributed by atoms with Gasteiger partial charge >= 0.3 is 6.18 Å². The lowest BCUT2D eigenvalue weighted by molar-refractivity contribution is -0.141. The van der Waals surface area contributed by atoms with Crippen molar-refractivity contribution in [1.82, 2.24) is 15.3 Å². The number of carbonyl (C=O) groups is 1. The maximum Gasteiger partial charge on any atom is 0.433 e. The van der Waals surface area contributed by atoms with Gasteiger partial charge in [-0.1, -0.05) is 13.8 Å². The zero-order valence-corrected chi connectivity index (χ0v) is 12.4. The summed E-state index contributed by atoms with van der Waals surface area (Å²) in [5.41, 5.74) is 4.68. The second-order valence-corrected chi connectivity index (χ2v) is 5.22. The molecule has 0 aromatic carbocycles. The lowest BCUT2D eigenvalue weighted by Crippen LogP contribution is -2.42. The van der Waals surface area contributed by atoms with Crippen molar-refractivity contribution in [2.75, 3.05) is 18.4 Å². The molecule has 0 aliphatic rings. The summed E-state index contributed by atoms with van der Waals surface area (Å²) >= 11 is 0. The van der Waals surface area contributed by atoms with Gasteiger partial charge in [0, 0.05) is 19.3 Å². The van der Waals surface area contributed by atoms with Gasteiger partial charge in [-0.3, -0.25) is 4.79 Å². The van der Waals surface area contributed by atoms with Gasteiger partial charge in [0.05, 0.1) is 6.04 Å². The van der Waals surface area contributed by atoms with Crippen LogP contribution >= 0.6 is 0 Å². The molecule has 0 radical (unpaired) electrons. The van der Waals surface area contributed by atoms with Gasteiger partial charge < -0.3 is 16.4 Å². The largest absolute Gasteiger partial charge is 0.433 e. The van der Waals surface area contributed by atoms with E-state index in [1.165, 1.54) is 0 Å². The maximum absolute atomic E-state index is 12.5. The Morgan fingerprint density at radius 3 is 2.64 bits per heavy atom. The number of carbonyl (C=O) groups excluding carboxylic acids is 1. The monoisotopic (exact) mass is 319 g/mol. The van der Waals surface area contributed by atoms with Crippen LogP contribution in [0.2, 0.25) is 0 Å². The first-order valence-corrected chi connectivity index (χ1v) is 6.87. The SMILES string of the molecule is CC(C)C[C@H](N)C(=O)NCCNc1nccc(C(F)(F)F)n1. The number of halogens is 3. The van der Waals surface area contributed by atoms with E-state index in [4.69, 9.17) is 5.73 Å². The first kappa shape index (κ1) is 18.1. The van der Waals surface area contributed by atoms with Crippen LogP contribution in [0.5, 0.6) is 0 Å². The average molecular weight is 319 g/mol. The number of nitrogens with one attached hydrogen (secondary N) is 2. The summed E-state index contributed by atoms with van der Waals surface area (Å²) in [4.78, 5) is 18.7. The van der Waals surface area contributed by atoms with Crippen LogP contribution in [0.3, 0.4) is 0 Å². The number of amides is 1. The van der Waals surface area contributed by atoms with Crippen molar-refractivity contribution in [3.63, 3.8) is 0 Å². The van der Waals surface area contributed by atoms with Crippen LogP contribution in [0, 0.1) is 5.92 Å². The molecule has 0 saturated carbocycles. The smallest absolute Gasteiger partial charge is 0.353 e. The molecule has 1 rings (SSSR count). The van der Waals surface area contributed by atoms with Crippen molar-refractivity contribution in [3.8, 4) is 0 Å². The minimum atomic E-state index is -4.52. The van der Waals surface area contributed by atoms with Crippen molar-refractivity contribution >= 4 is 11.9 Å². The predicted octanol–water partition coefficient (Wildman–Crippen LogP) is 1.40. The van der Waals surface area contributed by atoms with Gasteiger partial charge in [-0.25, -0.2) is 9.97 Å². The highest BCUT2D eigenvalue weighted by atomic mass is 19.4. The molecular weight excluding hydrogens is 299 g/mol. The van der Waals surface area contributed by atoms with Gasteiger partial charge in [0.15, 0.2) is 0 Å². The van der Waals surface area contributed by atoms with Crippen LogP contribution in [0.4, 0.5) is 19.1 Å². The van der Waals surface area contributed by atoms with Crippen molar-refractivity contribution in [1.29, 1.82) is 0 Å². The Morgan fingerprint density at radius 1 is 1.36 bits per heavy atom. The number of rotatable bonds is 7. The molecule has 1 heterocycles. The summed E-state index contributed by atoms with van der Waals surface area (Å²) in [6.07, 6.45) is -2.93. The molecule has 1 aromatic heterocycles.